The predicted molar refractivity (Wildman–Crippen MR) is 43.6 cm³/mol. The first-order valence-corrected chi connectivity index (χ1v) is 2.42. The summed E-state index contributed by atoms with van der Waals surface area (Å²) in [6.07, 6.45) is 0. The molecule has 0 saturated heterocycles. The van der Waals surface area contributed by atoms with E-state index in [-0.39, 0.29) is 17.6 Å². The predicted octanol–water partition coefficient (Wildman–Crippen LogP) is -1.38. The molecule has 0 aromatic carbocycles. The molecule has 0 heterocycles. The van der Waals surface area contributed by atoms with Crippen molar-refractivity contribution in [3.05, 3.63) is 0 Å². The molecule has 0 aliphatic carbocycles. The standard InChI is InChI=1S/C5H14N2.GeH4/c1-6(2)5-7(3)4;/h5H2,1-4H3;1H4. The Morgan fingerprint density at radius 3 is 1.12 bits per heavy atom. The Kier molecular flexibility index (Phi) is 7.89. The second-order valence-corrected chi connectivity index (χ2v) is 2.30. The molecule has 0 aromatic rings. The second kappa shape index (κ2) is 5.60. The average molecular weight is 179 g/mol. The van der Waals surface area contributed by atoms with Crippen molar-refractivity contribution in [1.29, 1.82) is 0 Å². The zero-order valence-electron chi connectivity index (χ0n) is 5.60. The monoisotopic (exact) mass is 180 g/mol. The third-order valence-corrected chi connectivity index (χ3v) is 0.566. The van der Waals surface area contributed by atoms with Crippen LogP contribution in [-0.4, -0.2) is 62.3 Å². The van der Waals surface area contributed by atoms with E-state index in [1.807, 2.05) is 0 Å². The summed E-state index contributed by atoms with van der Waals surface area (Å²) in [5, 5.41) is 0. The SMILES string of the molecule is CN(C)CN(C)C.[GeH4]. The zero-order valence-corrected chi connectivity index (χ0v) is 5.60. The van der Waals surface area contributed by atoms with Gasteiger partial charge in [-0.05, 0) is 28.2 Å². The van der Waals surface area contributed by atoms with Gasteiger partial charge in [-0.25, -0.2) is 0 Å². The Labute approximate surface area is 62.8 Å². The summed E-state index contributed by atoms with van der Waals surface area (Å²) < 4.78 is 0. The number of hydrogen-bond acceptors (Lipinski definition) is 2. The van der Waals surface area contributed by atoms with Gasteiger partial charge in [0.1, 0.15) is 0 Å². The van der Waals surface area contributed by atoms with E-state index >= 15 is 0 Å². The van der Waals surface area contributed by atoms with Crippen molar-refractivity contribution >= 4 is 17.6 Å². The zero-order chi connectivity index (χ0) is 5.86. The van der Waals surface area contributed by atoms with E-state index in [4.69, 9.17) is 0 Å². The molecule has 0 atom stereocenters. The van der Waals surface area contributed by atoms with Gasteiger partial charge >= 0.3 is 17.6 Å². The fourth-order valence-corrected chi connectivity index (χ4v) is 0.566. The van der Waals surface area contributed by atoms with Gasteiger partial charge in [-0.2, -0.15) is 0 Å². The van der Waals surface area contributed by atoms with Gasteiger partial charge in [-0.3, -0.25) is 9.80 Å². The van der Waals surface area contributed by atoms with Crippen molar-refractivity contribution in [2.45, 2.75) is 0 Å². The minimum atomic E-state index is 0. The molecule has 52 valence electrons. The molecule has 0 amide bonds. The number of nitrogens with zero attached hydrogens (tertiary/aromatic N) is 2. The van der Waals surface area contributed by atoms with Gasteiger partial charge in [0.25, 0.3) is 0 Å². The molecule has 8 heavy (non-hydrogen) atoms. The molecule has 0 rings (SSSR count). The quantitative estimate of drug-likeness (QED) is 0.380. The molecular weight excluding hydrogens is 161 g/mol. The van der Waals surface area contributed by atoms with Gasteiger partial charge in [0.2, 0.25) is 0 Å². The topological polar surface area (TPSA) is 6.48 Å². The van der Waals surface area contributed by atoms with Crippen LogP contribution >= 0.6 is 0 Å². The van der Waals surface area contributed by atoms with Crippen LogP contribution in [0.15, 0.2) is 0 Å². The van der Waals surface area contributed by atoms with Crippen molar-refractivity contribution in [2.24, 2.45) is 0 Å². The first kappa shape index (κ1) is 11.3. The van der Waals surface area contributed by atoms with Gasteiger partial charge in [0.15, 0.2) is 0 Å². The van der Waals surface area contributed by atoms with E-state index in [2.05, 4.69) is 38.0 Å². The summed E-state index contributed by atoms with van der Waals surface area (Å²) in [5.41, 5.74) is 0. The Morgan fingerprint density at radius 1 is 0.875 bits per heavy atom. The van der Waals surface area contributed by atoms with E-state index < -0.39 is 0 Å². The van der Waals surface area contributed by atoms with Crippen molar-refractivity contribution in [3.63, 3.8) is 0 Å². The Balaban J connectivity index is 0. The van der Waals surface area contributed by atoms with E-state index in [0.717, 1.165) is 6.67 Å². The van der Waals surface area contributed by atoms with Gasteiger partial charge in [0.05, 0.1) is 0 Å². The first-order chi connectivity index (χ1) is 3.13. The van der Waals surface area contributed by atoms with E-state index in [1.165, 1.54) is 0 Å². The Bertz CT molecular complexity index is 39.7. The molecule has 0 N–H and O–H groups in total. The molecule has 0 radical (unpaired) electrons. The molecule has 0 aromatic heterocycles. The van der Waals surface area contributed by atoms with Crippen LogP contribution in [0.2, 0.25) is 0 Å². The molecule has 2 nitrogen and oxygen atoms in total. The average Bonchev–Trinajstić information content (AvgIpc) is 1.27. The van der Waals surface area contributed by atoms with Crippen molar-refractivity contribution in [3.8, 4) is 0 Å². The van der Waals surface area contributed by atoms with Gasteiger partial charge in [-0.15, -0.1) is 0 Å². The Morgan fingerprint density at radius 2 is 1.12 bits per heavy atom. The number of hydrogen-bond donors (Lipinski definition) is 0. The third kappa shape index (κ3) is 9.68. The summed E-state index contributed by atoms with van der Waals surface area (Å²) in [4.78, 5) is 4.25. The van der Waals surface area contributed by atoms with Crippen LogP contribution in [0.3, 0.4) is 0 Å². The van der Waals surface area contributed by atoms with Gasteiger partial charge in [0, 0.05) is 6.67 Å². The summed E-state index contributed by atoms with van der Waals surface area (Å²) in [7, 11) is 8.22. The molecule has 0 bridgehead atoms. The molecule has 0 fully saturated rings. The fourth-order valence-electron chi connectivity index (χ4n) is 0.566. The van der Waals surface area contributed by atoms with Gasteiger partial charge < -0.3 is 0 Å². The van der Waals surface area contributed by atoms with Crippen molar-refractivity contribution < 1.29 is 0 Å². The van der Waals surface area contributed by atoms with Gasteiger partial charge in [-0.1, -0.05) is 0 Å². The van der Waals surface area contributed by atoms with E-state index in [9.17, 15) is 0 Å². The van der Waals surface area contributed by atoms with Crippen LogP contribution in [0.4, 0.5) is 0 Å². The fraction of sp³-hybridized carbons (Fsp3) is 1.00. The van der Waals surface area contributed by atoms with Crippen LogP contribution < -0.4 is 0 Å². The van der Waals surface area contributed by atoms with Crippen LogP contribution in [0.5, 0.6) is 0 Å². The molecule has 0 unspecified atom stereocenters. The normalized spacial score (nSPS) is 9.75. The minimum absolute atomic E-state index is 0. The van der Waals surface area contributed by atoms with Crippen molar-refractivity contribution in [1.82, 2.24) is 9.80 Å². The van der Waals surface area contributed by atoms with Crippen LogP contribution in [0.1, 0.15) is 0 Å². The second-order valence-electron chi connectivity index (χ2n) is 2.30. The summed E-state index contributed by atoms with van der Waals surface area (Å²) in [6.45, 7) is 1.03. The first-order valence-electron chi connectivity index (χ1n) is 2.42. The maximum absolute atomic E-state index is 2.12. The van der Waals surface area contributed by atoms with Crippen LogP contribution in [0.25, 0.3) is 0 Å². The summed E-state index contributed by atoms with van der Waals surface area (Å²) in [5.74, 6) is 0. The molecule has 3 heteroatoms. The van der Waals surface area contributed by atoms with E-state index in [0.29, 0.717) is 0 Å². The molecule has 0 aliphatic rings. The Hall–Kier alpha value is 0.463. The summed E-state index contributed by atoms with van der Waals surface area (Å²) >= 11 is 0. The van der Waals surface area contributed by atoms with Crippen molar-refractivity contribution in [2.75, 3.05) is 34.9 Å². The van der Waals surface area contributed by atoms with Crippen LogP contribution in [0, 0.1) is 0 Å². The molecule has 0 aliphatic heterocycles. The molecule has 0 saturated carbocycles. The van der Waals surface area contributed by atoms with Crippen LogP contribution in [-0.2, 0) is 0 Å². The molecule has 0 spiro atoms. The summed E-state index contributed by atoms with van der Waals surface area (Å²) in [6, 6.07) is 0. The third-order valence-electron chi connectivity index (χ3n) is 0.566. The maximum atomic E-state index is 2.12. The molecular formula is C5H18GeN2. The van der Waals surface area contributed by atoms with E-state index in [1.54, 1.807) is 0 Å². The number of rotatable bonds is 2.